The first-order valence-corrected chi connectivity index (χ1v) is 5.58. The van der Waals surface area contributed by atoms with E-state index in [1.54, 1.807) is 0 Å². The summed E-state index contributed by atoms with van der Waals surface area (Å²) in [5.41, 5.74) is 0.286. The van der Waals surface area contributed by atoms with E-state index in [-0.39, 0.29) is 11.7 Å². The zero-order valence-electron chi connectivity index (χ0n) is 9.80. The van der Waals surface area contributed by atoms with Crippen molar-refractivity contribution in [1.82, 2.24) is 4.90 Å². The van der Waals surface area contributed by atoms with Gasteiger partial charge in [-0.2, -0.15) is 0 Å². The molecule has 1 fully saturated rings. The van der Waals surface area contributed by atoms with Crippen molar-refractivity contribution in [2.24, 2.45) is 0 Å². The molecule has 0 radical (unpaired) electrons. The second-order valence-electron chi connectivity index (χ2n) is 4.62. The van der Waals surface area contributed by atoms with Crippen molar-refractivity contribution in [3.8, 4) is 0 Å². The Morgan fingerprint density at radius 3 is 2.29 bits per heavy atom. The number of hydrogen-bond donors (Lipinski definition) is 1. The van der Waals surface area contributed by atoms with Crippen LogP contribution in [0.4, 0.5) is 18.9 Å². The molecule has 1 heterocycles. The number of anilines is 1. The topological polar surface area (TPSA) is 15.3 Å². The Morgan fingerprint density at radius 2 is 1.82 bits per heavy atom. The molecule has 1 aliphatic rings. The van der Waals surface area contributed by atoms with Crippen LogP contribution in [-0.2, 0) is 0 Å². The highest BCUT2D eigenvalue weighted by Crippen LogP contribution is 2.22. The average Bonchev–Trinajstić information content (AvgIpc) is 2.54. The molecule has 94 valence electrons. The molecule has 1 saturated heterocycles. The Kier molecular flexibility index (Phi) is 3.28. The zero-order valence-corrected chi connectivity index (χ0v) is 9.80. The maximum absolute atomic E-state index is 13.0. The molecule has 2 atom stereocenters. The van der Waals surface area contributed by atoms with E-state index in [0.717, 1.165) is 25.1 Å². The van der Waals surface area contributed by atoms with Crippen molar-refractivity contribution in [1.29, 1.82) is 0 Å². The molecule has 0 spiro atoms. The van der Waals surface area contributed by atoms with Gasteiger partial charge < -0.3 is 10.2 Å². The van der Waals surface area contributed by atoms with Gasteiger partial charge in [0.1, 0.15) is 0 Å². The van der Waals surface area contributed by atoms with Gasteiger partial charge in [0.25, 0.3) is 0 Å². The zero-order chi connectivity index (χ0) is 12.6. The van der Waals surface area contributed by atoms with E-state index in [1.807, 2.05) is 7.05 Å². The Labute approximate surface area is 98.4 Å². The highest BCUT2D eigenvalue weighted by molar-refractivity contribution is 5.45. The molecule has 1 aromatic rings. The second-order valence-corrected chi connectivity index (χ2v) is 4.62. The van der Waals surface area contributed by atoms with Crippen molar-refractivity contribution in [2.45, 2.75) is 25.4 Å². The molecule has 1 N–H and O–H groups in total. The van der Waals surface area contributed by atoms with Crippen molar-refractivity contribution >= 4 is 5.69 Å². The van der Waals surface area contributed by atoms with Gasteiger partial charge >= 0.3 is 0 Å². The standard InChI is InChI=1S/C12H15F3N2/c1-7-3-9(6-17(7)2)16-8-4-10(13)12(15)11(14)5-8/h4-5,7,9,16H,3,6H2,1-2H3. The van der Waals surface area contributed by atoms with Gasteiger partial charge in [0.05, 0.1) is 0 Å². The van der Waals surface area contributed by atoms with Crippen molar-refractivity contribution in [3.63, 3.8) is 0 Å². The number of nitrogens with zero attached hydrogens (tertiary/aromatic N) is 1. The average molecular weight is 244 g/mol. The molecule has 2 unspecified atom stereocenters. The third kappa shape index (κ3) is 2.54. The van der Waals surface area contributed by atoms with Crippen LogP contribution in [-0.4, -0.2) is 30.6 Å². The summed E-state index contributed by atoms with van der Waals surface area (Å²) < 4.78 is 38.8. The van der Waals surface area contributed by atoms with Crippen LogP contribution in [0.15, 0.2) is 12.1 Å². The highest BCUT2D eigenvalue weighted by Gasteiger charge is 2.26. The fraction of sp³-hybridized carbons (Fsp3) is 0.500. The van der Waals surface area contributed by atoms with Gasteiger partial charge in [-0.15, -0.1) is 0 Å². The number of rotatable bonds is 2. The van der Waals surface area contributed by atoms with Crippen LogP contribution in [0.1, 0.15) is 13.3 Å². The molecule has 1 aromatic carbocycles. The number of halogens is 3. The third-order valence-electron chi connectivity index (χ3n) is 3.24. The first-order valence-electron chi connectivity index (χ1n) is 5.58. The fourth-order valence-corrected chi connectivity index (χ4v) is 2.17. The molecular weight excluding hydrogens is 229 g/mol. The molecule has 2 nitrogen and oxygen atoms in total. The molecule has 0 amide bonds. The molecule has 0 aliphatic carbocycles. The predicted octanol–water partition coefficient (Wildman–Crippen LogP) is 2.61. The number of hydrogen-bond acceptors (Lipinski definition) is 2. The number of likely N-dealkylation sites (tertiary alicyclic amines) is 1. The summed E-state index contributed by atoms with van der Waals surface area (Å²) in [6.07, 6.45) is 0.900. The SMILES string of the molecule is CC1CC(Nc2cc(F)c(F)c(F)c2)CN1C. The van der Waals surface area contributed by atoms with Gasteiger partial charge in [-0.3, -0.25) is 0 Å². The van der Waals surface area contributed by atoms with E-state index in [1.165, 1.54) is 0 Å². The Balaban J connectivity index is 2.10. The number of benzene rings is 1. The van der Waals surface area contributed by atoms with Gasteiger partial charge in [0.2, 0.25) is 0 Å². The van der Waals surface area contributed by atoms with E-state index >= 15 is 0 Å². The molecule has 0 saturated carbocycles. The van der Waals surface area contributed by atoms with Crippen LogP contribution in [0, 0.1) is 17.5 Å². The van der Waals surface area contributed by atoms with E-state index in [4.69, 9.17) is 0 Å². The largest absolute Gasteiger partial charge is 0.381 e. The number of nitrogens with one attached hydrogen (secondary N) is 1. The van der Waals surface area contributed by atoms with E-state index in [0.29, 0.717) is 6.04 Å². The minimum Gasteiger partial charge on any atom is -0.381 e. The maximum Gasteiger partial charge on any atom is 0.194 e. The van der Waals surface area contributed by atoms with Crippen LogP contribution < -0.4 is 5.32 Å². The lowest BCUT2D eigenvalue weighted by Crippen LogP contribution is -2.25. The Bertz CT molecular complexity index is 389. The molecule has 2 rings (SSSR count). The van der Waals surface area contributed by atoms with Gasteiger partial charge in [0, 0.05) is 36.4 Å². The lowest BCUT2D eigenvalue weighted by atomic mass is 10.2. The maximum atomic E-state index is 13.0. The van der Waals surface area contributed by atoms with Gasteiger partial charge in [-0.25, -0.2) is 13.2 Å². The monoisotopic (exact) mass is 244 g/mol. The lowest BCUT2D eigenvalue weighted by Gasteiger charge is -2.14. The smallest absolute Gasteiger partial charge is 0.194 e. The second kappa shape index (κ2) is 4.56. The summed E-state index contributed by atoms with van der Waals surface area (Å²) >= 11 is 0. The van der Waals surface area contributed by atoms with Crippen LogP contribution >= 0.6 is 0 Å². The third-order valence-corrected chi connectivity index (χ3v) is 3.24. The minimum atomic E-state index is -1.42. The van der Waals surface area contributed by atoms with Gasteiger partial charge in [-0.1, -0.05) is 0 Å². The quantitative estimate of drug-likeness (QED) is 0.804. The fourth-order valence-electron chi connectivity index (χ4n) is 2.17. The van der Waals surface area contributed by atoms with E-state index in [9.17, 15) is 13.2 Å². The van der Waals surface area contributed by atoms with Crippen molar-refractivity contribution < 1.29 is 13.2 Å². The van der Waals surface area contributed by atoms with Crippen LogP contribution in [0.25, 0.3) is 0 Å². The van der Waals surface area contributed by atoms with Crippen LogP contribution in [0.5, 0.6) is 0 Å². The Morgan fingerprint density at radius 1 is 1.24 bits per heavy atom. The van der Waals surface area contributed by atoms with Crippen molar-refractivity contribution in [2.75, 3.05) is 18.9 Å². The van der Waals surface area contributed by atoms with E-state index < -0.39 is 17.5 Å². The molecule has 0 bridgehead atoms. The number of likely N-dealkylation sites (N-methyl/N-ethyl adjacent to an activating group) is 1. The summed E-state index contributed by atoms with van der Waals surface area (Å²) in [5.74, 6) is -3.74. The lowest BCUT2D eigenvalue weighted by molar-refractivity contribution is 0.330. The first-order chi connectivity index (χ1) is 7.97. The normalized spacial score (nSPS) is 25.2. The minimum absolute atomic E-state index is 0.138. The van der Waals surface area contributed by atoms with E-state index in [2.05, 4.69) is 17.1 Å². The van der Waals surface area contributed by atoms with Crippen molar-refractivity contribution in [3.05, 3.63) is 29.6 Å². The Hall–Kier alpha value is -1.23. The molecule has 5 heteroatoms. The predicted molar refractivity (Wildman–Crippen MR) is 60.4 cm³/mol. The molecule has 1 aliphatic heterocycles. The highest BCUT2D eigenvalue weighted by atomic mass is 19.2. The molecule has 0 aromatic heterocycles. The summed E-state index contributed by atoms with van der Waals surface area (Å²) in [6.45, 7) is 2.90. The van der Waals surface area contributed by atoms with Gasteiger partial charge in [-0.05, 0) is 20.4 Å². The van der Waals surface area contributed by atoms with Crippen LogP contribution in [0.3, 0.4) is 0 Å². The molecular formula is C12H15F3N2. The first kappa shape index (κ1) is 12.2. The summed E-state index contributed by atoms with van der Waals surface area (Å²) in [7, 11) is 2.00. The van der Waals surface area contributed by atoms with Crippen LogP contribution in [0.2, 0.25) is 0 Å². The summed E-state index contributed by atoms with van der Waals surface area (Å²) in [4.78, 5) is 2.16. The van der Waals surface area contributed by atoms with Gasteiger partial charge in [0.15, 0.2) is 17.5 Å². The summed E-state index contributed by atoms with van der Waals surface area (Å²) in [6, 6.07) is 2.55. The summed E-state index contributed by atoms with van der Waals surface area (Å²) in [5, 5.41) is 3.02. The molecule has 17 heavy (non-hydrogen) atoms.